The summed E-state index contributed by atoms with van der Waals surface area (Å²) in [6.45, 7) is 10.5. The Hall–Kier alpha value is -2.04. The first-order valence-electron chi connectivity index (χ1n) is 7.21. The summed E-state index contributed by atoms with van der Waals surface area (Å²) >= 11 is 0. The van der Waals surface area contributed by atoms with Gasteiger partial charge in [0.25, 0.3) is 0 Å². The van der Waals surface area contributed by atoms with E-state index in [-0.39, 0.29) is 6.09 Å². The number of ether oxygens (including phenoxy) is 1. The topological polar surface area (TPSA) is 58.2 Å². The molecule has 0 aliphatic carbocycles. The lowest BCUT2D eigenvalue weighted by atomic mass is 10.2. The summed E-state index contributed by atoms with van der Waals surface area (Å²) in [6, 6.07) is 6.06. The van der Waals surface area contributed by atoms with Gasteiger partial charge in [0, 0.05) is 6.54 Å². The first-order valence-corrected chi connectivity index (χ1v) is 7.21. The smallest absolute Gasteiger partial charge is 0.410 e. The minimum Gasteiger partial charge on any atom is -0.444 e. The van der Waals surface area contributed by atoms with Gasteiger partial charge in [-0.1, -0.05) is 6.07 Å². The Bertz CT molecular complexity index is 640. The maximum Gasteiger partial charge on any atom is 0.410 e. The minimum atomic E-state index is -0.491. The highest BCUT2D eigenvalue weighted by Crippen LogP contribution is 2.16. The molecule has 21 heavy (non-hydrogen) atoms. The zero-order chi connectivity index (χ0) is 15.6. The Labute approximate surface area is 125 Å². The van der Waals surface area contributed by atoms with Crippen LogP contribution in [-0.4, -0.2) is 33.1 Å². The van der Waals surface area contributed by atoms with E-state index >= 15 is 0 Å². The molecule has 5 nitrogen and oxygen atoms in total. The second kappa shape index (κ2) is 5.76. The van der Waals surface area contributed by atoms with Gasteiger partial charge in [-0.05, 0) is 52.3 Å². The zero-order valence-corrected chi connectivity index (χ0v) is 13.4. The molecule has 0 saturated heterocycles. The maximum atomic E-state index is 12.1. The molecule has 5 heteroatoms. The number of nitrogens with zero attached hydrogens (tertiary/aromatic N) is 2. The highest BCUT2D eigenvalue weighted by Gasteiger charge is 2.22. The normalized spacial score (nSPS) is 11.7. The molecule has 0 bridgehead atoms. The number of aromatic amines is 1. The number of hydrogen-bond donors (Lipinski definition) is 1. The van der Waals surface area contributed by atoms with Gasteiger partial charge in [-0.2, -0.15) is 0 Å². The monoisotopic (exact) mass is 289 g/mol. The predicted molar refractivity (Wildman–Crippen MR) is 83.1 cm³/mol. The summed E-state index contributed by atoms with van der Waals surface area (Å²) in [7, 11) is 0. The number of carbonyl (C=O) groups excluding carboxylic acids is 1. The first kappa shape index (κ1) is 15.4. The second-order valence-electron chi connectivity index (χ2n) is 6.20. The van der Waals surface area contributed by atoms with Crippen molar-refractivity contribution in [3.05, 3.63) is 29.6 Å². The Balaban J connectivity index is 2.14. The molecule has 114 valence electrons. The third-order valence-electron chi connectivity index (χ3n) is 3.06. The van der Waals surface area contributed by atoms with Crippen molar-refractivity contribution in [2.75, 3.05) is 6.54 Å². The van der Waals surface area contributed by atoms with Crippen molar-refractivity contribution in [2.45, 2.75) is 46.8 Å². The van der Waals surface area contributed by atoms with Crippen LogP contribution < -0.4 is 0 Å². The van der Waals surface area contributed by atoms with E-state index in [1.165, 1.54) is 5.56 Å². The third kappa shape index (κ3) is 3.97. The van der Waals surface area contributed by atoms with Crippen LogP contribution in [0.25, 0.3) is 11.0 Å². The summed E-state index contributed by atoms with van der Waals surface area (Å²) in [5.74, 6) is 0.767. The van der Waals surface area contributed by atoms with Crippen molar-refractivity contribution >= 4 is 17.1 Å². The lowest BCUT2D eigenvalue weighted by Crippen LogP contribution is -2.36. The number of aryl methyl sites for hydroxylation is 1. The number of amides is 1. The van der Waals surface area contributed by atoms with E-state index in [9.17, 15) is 4.79 Å². The highest BCUT2D eigenvalue weighted by atomic mass is 16.6. The molecular weight excluding hydrogens is 266 g/mol. The van der Waals surface area contributed by atoms with E-state index in [1.807, 2.05) is 46.8 Å². The Morgan fingerprint density at radius 3 is 2.71 bits per heavy atom. The minimum absolute atomic E-state index is 0.318. The van der Waals surface area contributed by atoms with Gasteiger partial charge in [-0.25, -0.2) is 9.78 Å². The van der Waals surface area contributed by atoms with E-state index < -0.39 is 5.60 Å². The van der Waals surface area contributed by atoms with Gasteiger partial charge >= 0.3 is 6.09 Å². The number of carbonyl (C=O) groups is 1. The van der Waals surface area contributed by atoms with Gasteiger partial charge < -0.3 is 14.6 Å². The average molecular weight is 289 g/mol. The molecule has 1 N–H and O–H groups in total. The molecule has 0 fully saturated rings. The fraction of sp³-hybridized carbons (Fsp3) is 0.500. The largest absolute Gasteiger partial charge is 0.444 e. The first-order chi connectivity index (χ1) is 9.78. The van der Waals surface area contributed by atoms with Gasteiger partial charge in [0.1, 0.15) is 11.4 Å². The molecule has 2 aromatic rings. The Kier molecular flexibility index (Phi) is 4.21. The molecule has 1 amide bonds. The zero-order valence-electron chi connectivity index (χ0n) is 13.4. The lowest BCUT2D eigenvalue weighted by molar-refractivity contribution is 0.0240. The predicted octanol–water partition coefficient (Wildman–Crippen LogP) is 3.63. The molecule has 1 aromatic heterocycles. The molecule has 0 aliphatic heterocycles. The van der Waals surface area contributed by atoms with Crippen LogP contribution in [0.3, 0.4) is 0 Å². The van der Waals surface area contributed by atoms with Crippen molar-refractivity contribution in [3.8, 4) is 0 Å². The van der Waals surface area contributed by atoms with Crippen LogP contribution in [0.1, 0.15) is 39.1 Å². The van der Waals surface area contributed by atoms with Crippen molar-refractivity contribution < 1.29 is 9.53 Å². The highest BCUT2D eigenvalue weighted by molar-refractivity contribution is 5.76. The molecule has 0 saturated carbocycles. The van der Waals surface area contributed by atoms with Crippen LogP contribution >= 0.6 is 0 Å². The van der Waals surface area contributed by atoms with Crippen LogP contribution in [0.2, 0.25) is 0 Å². The van der Waals surface area contributed by atoms with Crippen LogP contribution in [0, 0.1) is 6.92 Å². The van der Waals surface area contributed by atoms with Gasteiger partial charge in [-0.3, -0.25) is 0 Å². The number of hydrogen-bond acceptors (Lipinski definition) is 3. The van der Waals surface area contributed by atoms with Crippen LogP contribution in [0.15, 0.2) is 18.2 Å². The number of nitrogens with one attached hydrogen (secondary N) is 1. The van der Waals surface area contributed by atoms with Gasteiger partial charge in [0.15, 0.2) is 0 Å². The van der Waals surface area contributed by atoms with Gasteiger partial charge in [0.2, 0.25) is 0 Å². The molecule has 1 heterocycles. The van der Waals surface area contributed by atoms with E-state index in [1.54, 1.807) is 4.90 Å². The SMILES string of the molecule is CCN(Cc1nc2ccc(C)cc2[nH]1)C(=O)OC(C)(C)C. The van der Waals surface area contributed by atoms with Crippen LogP contribution in [0.5, 0.6) is 0 Å². The van der Waals surface area contributed by atoms with E-state index in [4.69, 9.17) is 4.74 Å². The Morgan fingerprint density at radius 2 is 2.10 bits per heavy atom. The number of rotatable bonds is 3. The molecule has 0 radical (unpaired) electrons. The summed E-state index contributed by atoms with van der Waals surface area (Å²) in [5.41, 5.74) is 2.59. The van der Waals surface area contributed by atoms with Crippen molar-refractivity contribution in [3.63, 3.8) is 0 Å². The summed E-state index contributed by atoms with van der Waals surface area (Å²) in [4.78, 5) is 21.5. The number of benzene rings is 1. The second-order valence-corrected chi connectivity index (χ2v) is 6.20. The molecule has 0 unspecified atom stereocenters. The fourth-order valence-electron chi connectivity index (χ4n) is 2.06. The van der Waals surface area contributed by atoms with Crippen molar-refractivity contribution in [1.82, 2.24) is 14.9 Å². The number of aromatic nitrogens is 2. The molecule has 2 rings (SSSR count). The van der Waals surface area contributed by atoms with E-state index in [0.717, 1.165) is 16.9 Å². The van der Waals surface area contributed by atoms with Crippen LogP contribution in [-0.2, 0) is 11.3 Å². The Morgan fingerprint density at radius 1 is 1.38 bits per heavy atom. The van der Waals surface area contributed by atoms with E-state index in [0.29, 0.717) is 13.1 Å². The van der Waals surface area contributed by atoms with E-state index in [2.05, 4.69) is 16.0 Å². The molecular formula is C16H23N3O2. The number of fused-ring (bicyclic) bond motifs is 1. The van der Waals surface area contributed by atoms with Crippen molar-refractivity contribution in [2.24, 2.45) is 0 Å². The fourth-order valence-corrected chi connectivity index (χ4v) is 2.06. The van der Waals surface area contributed by atoms with Crippen LogP contribution in [0.4, 0.5) is 4.79 Å². The quantitative estimate of drug-likeness (QED) is 0.938. The molecule has 0 aliphatic rings. The standard InChI is InChI=1S/C16H23N3O2/c1-6-19(15(20)21-16(3,4)5)10-14-17-12-8-7-11(2)9-13(12)18-14/h7-9H,6,10H2,1-5H3,(H,17,18). The molecule has 0 atom stereocenters. The molecule has 0 spiro atoms. The van der Waals surface area contributed by atoms with Gasteiger partial charge in [-0.15, -0.1) is 0 Å². The number of imidazole rings is 1. The summed E-state index contributed by atoms with van der Waals surface area (Å²) in [5, 5.41) is 0. The third-order valence-corrected chi connectivity index (χ3v) is 3.06. The summed E-state index contributed by atoms with van der Waals surface area (Å²) < 4.78 is 5.40. The summed E-state index contributed by atoms with van der Waals surface area (Å²) in [6.07, 6.45) is -0.318. The van der Waals surface area contributed by atoms with Gasteiger partial charge in [0.05, 0.1) is 17.6 Å². The maximum absolute atomic E-state index is 12.1. The molecule has 1 aromatic carbocycles. The lowest BCUT2D eigenvalue weighted by Gasteiger charge is -2.25. The van der Waals surface area contributed by atoms with Crippen molar-refractivity contribution in [1.29, 1.82) is 0 Å². The average Bonchev–Trinajstić information content (AvgIpc) is 2.75. The number of H-pyrrole nitrogens is 1.